The van der Waals surface area contributed by atoms with E-state index in [1.54, 1.807) is 0 Å². The zero-order chi connectivity index (χ0) is 44.8. The Bertz CT molecular complexity index is 4620. The van der Waals surface area contributed by atoms with Crippen LogP contribution < -0.4 is 0 Å². The van der Waals surface area contributed by atoms with E-state index in [4.69, 9.17) is 0 Å². The highest BCUT2D eigenvalue weighted by Gasteiger charge is 2.28. The quantitative estimate of drug-likeness (QED) is 0.164. The molecule has 0 radical (unpaired) electrons. The van der Waals surface area contributed by atoms with Gasteiger partial charge < -0.3 is 13.4 Å². The van der Waals surface area contributed by atoms with Crippen molar-refractivity contribution in [2.24, 2.45) is 0 Å². The topological polar surface area (TPSA) is 13.8 Å². The molecule has 318 valence electrons. The summed E-state index contributed by atoms with van der Waals surface area (Å²) in [5, 5.41) is 18.1. The zero-order valence-electron chi connectivity index (χ0n) is 38.6. The average molecular weight is 858 g/mol. The molecule has 0 amide bonds. The first-order chi connectivity index (χ1) is 32.5. The van der Waals surface area contributed by atoms with E-state index < -0.39 is 0 Å². The van der Waals surface area contributed by atoms with Crippen LogP contribution in [0, 0.1) is 0 Å². The molecule has 3 nitrogen and oxygen atoms in total. The Morgan fingerprint density at radius 1 is 0.299 bits per heavy atom. The maximum absolute atomic E-state index is 2.66. The van der Waals surface area contributed by atoms with Crippen molar-refractivity contribution < 1.29 is 0 Å². The van der Waals surface area contributed by atoms with E-state index >= 15 is 0 Å². The van der Waals surface area contributed by atoms with Crippen LogP contribution in [0.3, 0.4) is 0 Å². The van der Waals surface area contributed by atoms with Crippen molar-refractivity contribution in [3.63, 3.8) is 0 Å². The molecule has 0 atom stereocenters. The summed E-state index contributed by atoms with van der Waals surface area (Å²) in [6.07, 6.45) is 0. The van der Waals surface area contributed by atoms with Gasteiger partial charge in [0.2, 0.25) is 0 Å². The smallest absolute Gasteiger partial charge is 0.0626 e. The van der Waals surface area contributed by atoms with Crippen LogP contribution in [0.25, 0.3) is 136 Å². The Balaban J connectivity index is 1.13. The zero-order valence-corrected chi connectivity index (χ0v) is 38.6. The van der Waals surface area contributed by atoms with Gasteiger partial charge in [-0.05, 0) is 134 Å². The lowest BCUT2D eigenvalue weighted by Gasteiger charge is -2.19. The third kappa shape index (κ3) is 4.86. The maximum Gasteiger partial charge on any atom is 0.0626 e. The maximum atomic E-state index is 2.66. The molecule has 0 bridgehead atoms. The molecule has 15 aromatic rings. The van der Waals surface area contributed by atoms with Gasteiger partial charge in [-0.25, -0.2) is 0 Å². The van der Waals surface area contributed by atoms with Gasteiger partial charge in [0.25, 0.3) is 0 Å². The molecule has 0 unspecified atom stereocenters. The van der Waals surface area contributed by atoms with Gasteiger partial charge in [-0.2, -0.15) is 0 Å². The number of nitrogens with zero attached hydrogens (tertiary/aromatic N) is 3. The molecule has 0 aliphatic carbocycles. The normalized spacial score (nSPS) is 13.2. The molecule has 0 aliphatic rings. The van der Waals surface area contributed by atoms with Crippen LogP contribution in [0.4, 0.5) is 0 Å². The lowest BCUT2D eigenvalue weighted by molar-refractivity contribution is 0.591. The summed E-state index contributed by atoms with van der Waals surface area (Å²) in [6, 6.07) is 67.2. The van der Waals surface area contributed by atoms with Crippen LogP contribution in [0.5, 0.6) is 0 Å². The Morgan fingerprint density at radius 3 is 1.43 bits per heavy atom. The number of benzene rings is 10. The first-order valence-electron chi connectivity index (χ1n) is 23.8. The second-order valence-electron chi connectivity index (χ2n) is 21.4. The van der Waals surface area contributed by atoms with Crippen LogP contribution in [0.2, 0.25) is 0 Å². The van der Waals surface area contributed by atoms with Gasteiger partial charge in [0.05, 0.1) is 44.1 Å². The molecule has 10 aromatic carbocycles. The summed E-state index contributed by atoms with van der Waals surface area (Å²) in [5.41, 5.74) is 16.4. The summed E-state index contributed by atoms with van der Waals surface area (Å²) < 4.78 is 7.67. The molecule has 0 saturated heterocycles. The van der Waals surface area contributed by atoms with Gasteiger partial charge in [0, 0.05) is 65.1 Å². The molecule has 0 aliphatic heterocycles. The van der Waals surface area contributed by atoms with Crippen LogP contribution in [-0.2, 0) is 10.8 Å². The monoisotopic (exact) mass is 857 g/mol. The number of hydrogen-bond donors (Lipinski definition) is 0. The minimum atomic E-state index is -0.0558. The molecule has 0 N–H and O–H groups in total. The lowest BCUT2D eigenvalue weighted by atomic mass is 9.85. The fourth-order valence-corrected chi connectivity index (χ4v) is 12.2. The first kappa shape index (κ1) is 37.4. The van der Waals surface area contributed by atoms with Crippen LogP contribution in [0.15, 0.2) is 176 Å². The fourth-order valence-electron chi connectivity index (χ4n) is 12.2. The highest BCUT2D eigenvalue weighted by Crippen LogP contribution is 2.50. The number of hydrogen-bond acceptors (Lipinski definition) is 0. The van der Waals surface area contributed by atoms with E-state index in [1.807, 2.05) is 0 Å². The Labute approximate surface area is 387 Å². The largest absolute Gasteiger partial charge is 0.309 e. The van der Waals surface area contributed by atoms with Crippen molar-refractivity contribution in [3.8, 4) is 16.8 Å². The number of fused-ring (bicyclic) bond motifs is 17. The summed E-state index contributed by atoms with van der Waals surface area (Å²) in [4.78, 5) is 0. The lowest BCUT2D eigenvalue weighted by Crippen LogP contribution is -2.10. The van der Waals surface area contributed by atoms with Crippen LogP contribution in [-0.4, -0.2) is 13.4 Å². The predicted octanol–water partition coefficient (Wildman–Crippen LogP) is 17.7. The summed E-state index contributed by atoms with van der Waals surface area (Å²) in [5.74, 6) is 0. The van der Waals surface area contributed by atoms with Crippen molar-refractivity contribution in [2.45, 2.75) is 52.4 Å². The standard InChI is InChI=1S/C64H47N3/c1-63(2,3)40-30-50-46-26-36-16-10-11-17-37(36)29-56(46)66-57-34-48-52-32-41(64(4,5)6)33-53-49-27-38-18-12-13-21-43(38)59(62(49)67(61(52)53)58(48)35-47(57)51(31-40)60(50)66)39-24-25-55-45(28-39)44-22-14-15-23-54(44)65(55)42-19-8-7-9-20-42/h7-35H,1-6H3. The molecule has 0 fully saturated rings. The highest BCUT2D eigenvalue weighted by molar-refractivity contribution is 6.32. The molecule has 5 heterocycles. The van der Waals surface area contributed by atoms with Gasteiger partial charge in [0.1, 0.15) is 0 Å². The Morgan fingerprint density at radius 2 is 0.761 bits per heavy atom. The Hall–Kier alpha value is -7.88. The Kier molecular flexibility index (Phi) is 6.97. The highest BCUT2D eigenvalue weighted by atomic mass is 15.0. The molecule has 3 heteroatoms. The minimum absolute atomic E-state index is 0.0255. The second-order valence-corrected chi connectivity index (χ2v) is 21.4. The molecule has 67 heavy (non-hydrogen) atoms. The first-order valence-corrected chi connectivity index (χ1v) is 23.8. The van der Waals surface area contributed by atoms with Gasteiger partial charge in [-0.1, -0.05) is 133 Å². The average Bonchev–Trinajstić information content (AvgIpc) is 4.11. The number of para-hydroxylation sites is 2. The fraction of sp³-hybridized carbons (Fsp3) is 0.125. The SMILES string of the molecule is CC(C)(C)c1cc2c3cc4ccccc4cc3n3c4cc5c6cc(C(C)(C)C)cc7c8cc9ccccc9c(-c9ccc%10c(c9)c9ccccc9n%10-c9ccccc9)c8n(c5cc4c(c1)c23)c67. The molecule has 5 aromatic heterocycles. The van der Waals surface area contributed by atoms with E-state index in [0.29, 0.717) is 0 Å². The van der Waals surface area contributed by atoms with Crippen molar-refractivity contribution in [1.82, 2.24) is 13.4 Å². The van der Waals surface area contributed by atoms with Crippen molar-refractivity contribution >= 4 is 120 Å². The number of aromatic nitrogens is 3. The van der Waals surface area contributed by atoms with E-state index in [1.165, 1.54) is 147 Å². The third-order valence-electron chi connectivity index (χ3n) is 15.5. The summed E-state index contributed by atoms with van der Waals surface area (Å²) in [7, 11) is 0. The van der Waals surface area contributed by atoms with Gasteiger partial charge in [0.15, 0.2) is 0 Å². The van der Waals surface area contributed by atoms with Gasteiger partial charge >= 0.3 is 0 Å². The van der Waals surface area contributed by atoms with E-state index in [2.05, 4.69) is 231 Å². The third-order valence-corrected chi connectivity index (χ3v) is 15.5. The van der Waals surface area contributed by atoms with E-state index in [0.717, 1.165) is 0 Å². The molecule has 15 rings (SSSR count). The van der Waals surface area contributed by atoms with Crippen LogP contribution >= 0.6 is 0 Å². The molecule has 0 saturated carbocycles. The molecular weight excluding hydrogens is 811 g/mol. The van der Waals surface area contributed by atoms with Crippen LogP contribution in [0.1, 0.15) is 52.7 Å². The molecular formula is C64H47N3. The van der Waals surface area contributed by atoms with Crippen molar-refractivity contribution in [3.05, 3.63) is 187 Å². The van der Waals surface area contributed by atoms with Gasteiger partial charge in [-0.15, -0.1) is 0 Å². The number of rotatable bonds is 2. The van der Waals surface area contributed by atoms with E-state index in [-0.39, 0.29) is 10.8 Å². The predicted molar refractivity (Wildman–Crippen MR) is 288 cm³/mol. The van der Waals surface area contributed by atoms with Gasteiger partial charge in [-0.3, -0.25) is 0 Å². The summed E-state index contributed by atoms with van der Waals surface area (Å²) in [6.45, 7) is 14.1. The minimum Gasteiger partial charge on any atom is -0.309 e. The van der Waals surface area contributed by atoms with E-state index in [9.17, 15) is 0 Å². The van der Waals surface area contributed by atoms with Crippen molar-refractivity contribution in [2.75, 3.05) is 0 Å². The summed E-state index contributed by atoms with van der Waals surface area (Å²) >= 11 is 0. The second kappa shape index (κ2) is 12.5. The molecule has 0 spiro atoms. The van der Waals surface area contributed by atoms with Crippen molar-refractivity contribution in [1.29, 1.82) is 0 Å².